The highest BCUT2D eigenvalue weighted by Gasteiger charge is 2.44. The first-order valence-electron chi connectivity index (χ1n) is 11.5. The molecule has 5 atom stereocenters. The Labute approximate surface area is 194 Å². The first-order chi connectivity index (χ1) is 16.2. The number of pyridine rings is 1. The van der Waals surface area contributed by atoms with Crippen LogP contribution in [0.15, 0.2) is 73.4 Å². The largest absolute Gasteiger partial charge is 0.497 e. The third-order valence-corrected chi connectivity index (χ3v) is 7.05. The van der Waals surface area contributed by atoms with E-state index in [9.17, 15) is 4.79 Å². The molecule has 0 radical (unpaired) electrons. The van der Waals surface area contributed by atoms with E-state index in [0.29, 0.717) is 17.5 Å². The number of carbonyl (C=O) groups is 1. The van der Waals surface area contributed by atoms with Gasteiger partial charge in [0.2, 0.25) is 0 Å². The molecule has 1 unspecified atom stereocenters. The lowest BCUT2D eigenvalue weighted by Gasteiger charge is -2.51. The highest BCUT2D eigenvalue weighted by molar-refractivity contribution is 5.86. The number of rotatable bonds is 6. The first-order valence-corrected chi connectivity index (χ1v) is 11.5. The monoisotopic (exact) mass is 443 g/mol. The van der Waals surface area contributed by atoms with Crippen LogP contribution >= 0.6 is 0 Å². The number of anilines is 1. The summed E-state index contributed by atoms with van der Waals surface area (Å²) in [5.41, 5.74) is 2.51. The number of hydrogen-bond donors (Lipinski definition) is 1. The lowest BCUT2D eigenvalue weighted by molar-refractivity contribution is -0.0473. The minimum absolute atomic E-state index is 0.0956. The van der Waals surface area contributed by atoms with Crippen molar-refractivity contribution in [3.63, 3.8) is 0 Å². The molecule has 0 spiro atoms. The summed E-state index contributed by atoms with van der Waals surface area (Å²) >= 11 is 0. The zero-order chi connectivity index (χ0) is 22.8. The quantitative estimate of drug-likeness (QED) is 0.515. The highest BCUT2D eigenvalue weighted by atomic mass is 16.6. The lowest BCUT2D eigenvalue weighted by Crippen LogP contribution is -2.55. The minimum Gasteiger partial charge on any atom is -0.497 e. The SMILES string of the molecule is C=C[C@H]1CN2CC[C@H]1C[C@@H]2[C@H](OC(=O)Nc1ccccc1)c1ccnc2ccc(OC)cc12. The lowest BCUT2D eigenvalue weighted by atomic mass is 9.73. The average Bonchev–Trinajstić information content (AvgIpc) is 2.87. The number of carbonyl (C=O) groups excluding carboxylic acids is 1. The number of benzene rings is 2. The first kappa shape index (κ1) is 21.5. The number of ether oxygens (including phenoxy) is 2. The molecule has 6 heteroatoms. The van der Waals surface area contributed by atoms with Crippen LogP contribution in [0, 0.1) is 11.8 Å². The predicted molar refractivity (Wildman–Crippen MR) is 129 cm³/mol. The summed E-state index contributed by atoms with van der Waals surface area (Å²) in [4.78, 5) is 20.0. The zero-order valence-electron chi connectivity index (χ0n) is 18.8. The molecular weight excluding hydrogens is 414 g/mol. The zero-order valence-corrected chi connectivity index (χ0v) is 18.8. The van der Waals surface area contributed by atoms with Crippen molar-refractivity contribution in [2.75, 3.05) is 25.5 Å². The van der Waals surface area contributed by atoms with E-state index in [1.54, 1.807) is 13.3 Å². The van der Waals surface area contributed by atoms with Crippen molar-refractivity contribution in [1.82, 2.24) is 9.88 Å². The molecule has 6 nitrogen and oxygen atoms in total. The smallest absolute Gasteiger partial charge is 0.412 e. The second kappa shape index (κ2) is 9.24. The molecule has 170 valence electrons. The predicted octanol–water partition coefficient (Wildman–Crippen LogP) is 5.43. The number of methoxy groups -OCH3 is 1. The summed E-state index contributed by atoms with van der Waals surface area (Å²) in [6, 6.07) is 17.3. The molecule has 3 aromatic rings. The molecule has 0 aliphatic carbocycles. The van der Waals surface area contributed by atoms with Gasteiger partial charge >= 0.3 is 6.09 Å². The third kappa shape index (κ3) is 4.31. The van der Waals surface area contributed by atoms with Gasteiger partial charge in [-0.1, -0.05) is 24.3 Å². The Morgan fingerprint density at radius 3 is 2.82 bits per heavy atom. The van der Waals surface area contributed by atoms with Crippen LogP contribution in [0.25, 0.3) is 10.9 Å². The van der Waals surface area contributed by atoms with Crippen LogP contribution < -0.4 is 10.1 Å². The maximum atomic E-state index is 13.0. The maximum Gasteiger partial charge on any atom is 0.412 e. The van der Waals surface area contributed by atoms with Crippen molar-refractivity contribution >= 4 is 22.7 Å². The average molecular weight is 444 g/mol. The van der Waals surface area contributed by atoms with Gasteiger partial charge in [-0.2, -0.15) is 0 Å². The van der Waals surface area contributed by atoms with Crippen molar-refractivity contribution in [2.24, 2.45) is 11.8 Å². The van der Waals surface area contributed by atoms with Crippen LogP contribution in [0.4, 0.5) is 10.5 Å². The number of nitrogens with one attached hydrogen (secondary N) is 1. The number of aromatic nitrogens is 1. The molecule has 3 aliphatic heterocycles. The van der Waals surface area contributed by atoms with Crippen LogP contribution in [-0.2, 0) is 4.74 Å². The number of para-hydroxylation sites is 1. The van der Waals surface area contributed by atoms with E-state index in [1.807, 2.05) is 54.6 Å². The molecule has 2 aromatic carbocycles. The van der Waals surface area contributed by atoms with Crippen molar-refractivity contribution in [3.8, 4) is 5.75 Å². The van der Waals surface area contributed by atoms with E-state index in [-0.39, 0.29) is 6.04 Å². The molecule has 1 N–H and O–H groups in total. The Morgan fingerprint density at radius 1 is 1.24 bits per heavy atom. The van der Waals surface area contributed by atoms with Gasteiger partial charge in [0.15, 0.2) is 0 Å². The summed E-state index contributed by atoms with van der Waals surface area (Å²) in [5.74, 6) is 1.80. The fourth-order valence-corrected chi connectivity index (χ4v) is 5.35. The van der Waals surface area contributed by atoms with Gasteiger partial charge in [-0.15, -0.1) is 6.58 Å². The minimum atomic E-state index is -0.457. The summed E-state index contributed by atoms with van der Waals surface area (Å²) < 4.78 is 11.7. The van der Waals surface area contributed by atoms with Crippen LogP contribution in [0.2, 0.25) is 0 Å². The Morgan fingerprint density at radius 2 is 2.09 bits per heavy atom. The highest BCUT2D eigenvalue weighted by Crippen LogP contribution is 2.43. The van der Waals surface area contributed by atoms with Crippen LogP contribution in [0.5, 0.6) is 5.75 Å². The molecule has 33 heavy (non-hydrogen) atoms. The summed E-state index contributed by atoms with van der Waals surface area (Å²) in [7, 11) is 1.65. The second-order valence-electron chi connectivity index (χ2n) is 8.85. The number of piperidine rings is 3. The van der Waals surface area contributed by atoms with Crippen molar-refractivity contribution in [1.29, 1.82) is 0 Å². The molecule has 3 fully saturated rings. The Kier molecular flexibility index (Phi) is 6.01. The molecule has 1 amide bonds. The second-order valence-corrected chi connectivity index (χ2v) is 8.85. The van der Waals surface area contributed by atoms with Crippen LogP contribution in [0.1, 0.15) is 24.5 Å². The Bertz CT molecular complexity index is 1150. The maximum absolute atomic E-state index is 13.0. The summed E-state index contributed by atoms with van der Waals surface area (Å²) in [5, 5.41) is 3.82. The summed E-state index contributed by atoms with van der Waals surface area (Å²) in [6.45, 7) is 6.00. The number of fused-ring (bicyclic) bond motifs is 4. The van der Waals surface area contributed by atoms with Crippen LogP contribution in [0.3, 0.4) is 0 Å². The van der Waals surface area contributed by atoms with Gasteiger partial charge in [0, 0.05) is 29.4 Å². The van der Waals surface area contributed by atoms with E-state index in [1.165, 1.54) is 0 Å². The molecular formula is C27H29N3O3. The summed E-state index contributed by atoms with van der Waals surface area (Å²) in [6.07, 6.45) is 5.10. The molecule has 0 saturated carbocycles. The van der Waals surface area contributed by atoms with Crippen molar-refractivity contribution in [3.05, 3.63) is 79.0 Å². The van der Waals surface area contributed by atoms with Crippen molar-refractivity contribution < 1.29 is 14.3 Å². The standard InChI is InChI=1S/C27H29N3O3/c1-3-18-17-30-14-12-19(18)15-25(30)26(33-27(31)29-20-7-5-4-6-8-20)22-11-13-28-24-10-9-21(32-2)16-23(22)24/h3-11,13,16,18-19,25-26H,1,12,14-15,17H2,2H3,(H,29,31)/t18-,19-,25+,26+/m0/s1. The fourth-order valence-electron chi connectivity index (χ4n) is 5.35. The van der Waals surface area contributed by atoms with Crippen molar-refractivity contribution in [2.45, 2.75) is 25.0 Å². The van der Waals surface area contributed by atoms with Gasteiger partial charge in [-0.3, -0.25) is 15.2 Å². The fraction of sp³-hybridized carbons (Fsp3) is 0.333. The Balaban J connectivity index is 1.51. The molecule has 3 saturated heterocycles. The van der Waals surface area contributed by atoms with Gasteiger partial charge in [-0.05, 0) is 67.6 Å². The molecule has 3 aliphatic rings. The molecule has 2 bridgehead atoms. The van der Waals surface area contributed by atoms with E-state index in [4.69, 9.17) is 9.47 Å². The molecule has 4 heterocycles. The normalized spacial score (nSPS) is 24.8. The van der Waals surface area contributed by atoms with Crippen LogP contribution in [-0.4, -0.2) is 42.2 Å². The van der Waals surface area contributed by atoms with Gasteiger partial charge < -0.3 is 9.47 Å². The van der Waals surface area contributed by atoms with E-state index >= 15 is 0 Å². The Hall–Kier alpha value is -3.38. The van der Waals surface area contributed by atoms with E-state index < -0.39 is 12.2 Å². The van der Waals surface area contributed by atoms with Gasteiger partial charge in [-0.25, -0.2) is 4.79 Å². The van der Waals surface area contributed by atoms with Gasteiger partial charge in [0.05, 0.1) is 18.7 Å². The number of hydrogen-bond acceptors (Lipinski definition) is 5. The molecule has 1 aromatic heterocycles. The van der Waals surface area contributed by atoms with Gasteiger partial charge in [0.1, 0.15) is 11.9 Å². The van der Waals surface area contributed by atoms with E-state index in [0.717, 1.165) is 48.1 Å². The third-order valence-electron chi connectivity index (χ3n) is 7.05. The number of amides is 1. The topological polar surface area (TPSA) is 63.7 Å². The van der Waals surface area contributed by atoms with E-state index in [2.05, 4.69) is 27.9 Å². The van der Waals surface area contributed by atoms with Gasteiger partial charge in [0.25, 0.3) is 0 Å². The number of nitrogens with zero attached hydrogens (tertiary/aromatic N) is 2. The molecule has 6 rings (SSSR count).